The molecule has 0 aliphatic heterocycles. The molecule has 0 aliphatic rings. The first-order valence-corrected chi connectivity index (χ1v) is 8.54. The van der Waals surface area contributed by atoms with Crippen LogP contribution >= 0.6 is 0 Å². The van der Waals surface area contributed by atoms with E-state index in [0.717, 1.165) is 16.8 Å². The smallest absolute Gasteiger partial charge is 0.269 e. The van der Waals surface area contributed by atoms with Crippen molar-refractivity contribution < 1.29 is 4.92 Å². The first kappa shape index (κ1) is 18.2. The molecule has 2 aromatic heterocycles. The third kappa shape index (κ3) is 4.97. The van der Waals surface area contributed by atoms with Crippen molar-refractivity contribution in [3.63, 3.8) is 0 Å². The number of nitrogens with zero attached hydrogens (tertiary/aromatic N) is 4. The minimum absolute atomic E-state index is 0.0650. The molecule has 1 aromatic carbocycles. The van der Waals surface area contributed by atoms with Crippen molar-refractivity contribution in [1.82, 2.24) is 15.0 Å². The standard InChI is InChI=1S/C19H20N6O2/c1-13(2)22-19-23-17(15-6-4-8-20-12-15)10-18(24-19)21-11-14-5-3-7-16(9-14)25(26)27/h3-10,12-13H,11H2,1-2H3,(H2,21,22,23,24). The second-order valence-corrected chi connectivity index (χ2v) is 6.28. The van der Waals surface area contributed by atoms with Crippen molar-refractivity contribution in [3.05, 3.63) is 70.5 Å². The topological polar surface area (TPSA) is 106 Å². The lowest BCUT2D eigenvalue weighted by Crippen LogP contribution is -2.14. The molecular weight excluding hydrogens is 344 g/mol. The number of nitro groups is 1. The second kappa shape index (κ2) is 8.22. The lowest BCUT2D eigenvalue weighted by molar-refractivity contribution is -0.384. The van der Waals surface area contributed by atoms with Gasteiger partial charge in [-0.25, -0.2) is 4.98 Å². The molecule has 8 nitrogen and oxygen atoms in total. The van der Waals surface area contributed by atoms with Gasteiger partial charge >= 0.3 is 0 Å². The summed E-state index contributed by atoms with van der Waals surface area (Å²) in [7, 11) is 0. The highest BCUT2D eigenvalue weighted by Gasteiger charge is 2.09. The predicted molar refractivity (Wildman–Crippen MR) is 104 cm³/mol. The van der Waals surface area contributed by atoms with E-state index < -0.39 is 4.92 Å². The zero-order valence-electron chi connectivity index (χ0n) is 15.1. The van der Waals surface area contributed by atoms with E-state index in [9.17, 15) is 10.1 Å². The third-order valence-electron chi connectivity index (χ3n) is 3.70. The highest BCUT2D eigenvalue weighted by atomic mass is 16.6. The monoisotopic (exact) mass is 364 g/mol. The van der Waals surface area contributed by atoms with E-state index in [2.05, 4.69) is 25.6 Å². The van der Waals surface area contributed by atoms with Crippen LogP contribution in [0.4, 0.5) is 17.5 Å². The number of hydrogen-bond donors (Lipinski definition) is 2. The molecular formula is C19H20N6O2. The van der Waals surface area contributed by atoms with E-state index in [4.69, 9.17) is 0 Å². The van der Waals surface area contributed by atoms with Crippen LogP contribution in [-0.2, 0) is 6.54 Å². The molecule has 138 valence electrons. The van der Waals surface area contributed by atoms with Crippen molar-refractivity contribution in [1.29, 1.82) is 0 Å². The maximum Gasteiger partial charge on any atom is 0.269 e. The Bertz CT molecular complexity index is 930. The summed E-state index contributed by atoms with van der Waals surface area (Å²) in [6.45, 7) is 4.43. The lowest BCUT2D eigenvalue weighted by Gasteiger charge is -2.13. The van der Waals surface area contributed by atoms with Crippen LogP contribution in [0, 0.1) is 10.1 Å². The average Bonchev–Trinajstić information content (AvgIpc) is 2.66. The number of non-ortho nitro benzene ring substituents is 1. The molecule has 3 rings (SSSR count). The third-order valence-corrected chi connectivity index (χ3v) is 3.70. The van der Waals surface area contributed by atoms with Gasteiger partial charge in [0.05, 0.1) is 10.6 Å². The van der Waals surface area contributed by atoms with E-state index in [1.807, 2.05) is 38.1 Å². The summed E-state index contributed by atoms with van der Waals surface area (Å²) in [4.78, 5) is 23.7. The molecule has 0 fully saturated rings. The van der Waals surface area contributed by atoms with Gasteiger partial charge in [-0.1, -0.05) is 12.1 Å². The van der Waals surface area contributed by atoms with Crippen molar-refractivity contribution in [3.8, 4) is 11.3 Å². The number of anilines is 2. The summed E-state index contributed by atoms with van der Waals surface area (Å²) in [6, 6.07) is 12.3. The van der Waals surface area contributed by atoms with Crippen LogP contribution in [-0.4, -0.2) is 25.9 Å². The summed E-state index contributed by atoms with van der Waals surface area (Å²) in [6.07, 6.45) is 3.45. The first-order chi connectivity index (χ1) is 13.0. The number of nitrogens with one attached hydrogen (secondary N) is 2. The molecule has 2 heterocycles. The highest BCUT2D eigenvalue weighted by molar-refractivity contribution is 5.63. The van der Waals surface area contributed by atoms with Gasteiger partial charge in [0, 0.05) is 48.7 Å². The molecule has 3 aromatic rings. The highest BCUT2D eigenvalue weighted by Crippen LogP contribution is 2.22. The molecule has 0 amide bonds. The van der Waals surface area contributed by atoms with Gasteiger partial charge in [-0.15, -0.1) is 0 Å². The number of aromatic nitrogens is 3. The Hall–Kier alpha value is -3.55. The van der Waals surface area contributed by atoms with Gasteiger partial charge in [-0.2, -0.15) is 4.98 Å². The molecule has 0 bridgehead atoms. The minimum Gasteiger partial charge on any atom is -0.366 e. The molecule has 0 saturated carbocycles. The quantitative estimate of drug-likeness (QED) is 0.484. The second-order valence-electron chi connectivity index (χ2n) is 6.28. The zero-order valence-corrected chi connectivity index (χ0v) is 15.1. The molecule has 0 aliphatic carbocycles. The largest absolute Gasteiger partial charge is 0.366 e. The molecule has 0 saturated heterocycles. The fourth-order valence-corrected chi connectivity index (χ4v) is 2.50. The summed E-state index contributed by atoms with van der Waals surface area (Å²) >= 11 is 0. The summed E-state index contributed by atoms with van der Waals surface area (Å²) in [5.74, 6) is 1.13. The number of pyridine rings is 1. The number of nitro benzene ring substituents is 1. The molecule has 8 heteroatoms. The van der Waals surface area contributed by atoms with Crippen LogP contribution in [0.2, 0.25) is 0 Å². The van der Waals surface area contributed by atoms with Crippen LogP contribution in [0.3, 0.4) is 0 Å². The van der Waals surface area contributed by atoms with Crippen LogP contribution in [0.1, 0.15) is 19.4 Å². The molecule has 0 radical (unpaired) electrons. The fraction of sp³-hybridized carbons (Fsp3) is 0.211. The van der Waals surface area contributed by atoms with E-state index in [1.165, 1.54) is 6.07 Å². The van der Waals surface area contributed by atoms with Gasteiger partial charge in [0.25, 0.3) is 5.69 Å². The van der Waals surface area contributed by atoms with Crippen molar-refractivity contribution >= 4 is 17.5 Å². The Morgan fingerprint density at radius 3 is 2.70 bits per heavy atom. The van der Waals surface area contributed by atoms with Crippen LogP contribution in [0.5, 0.6) is 0 Å². The number of benzene rings is 1. The molecule has 0 unspecified atom stereocenters. The maximum absolute atomic E-state index is 10.9. The van der Waals surface area contributed by atoms with Gasteiger partial charge in [0.15, 0.2) is 0 Å². The molecule has 27 heavy (non-hydrogen) atoms. The van der Waals surface area contributed by atoms with Crippen molar-refractivity contribution in [2.45, 2.75) is 26.4 Å². The fourth-order valence-electron chi connectivity index (χ4n) is 2.50. The number of rotatable bonds is 7. The molecule has 2 N–H and O–H groups in total. The first-order valence-electron chi connectivity index (χ1n) is 8.54. The lowest BCUT2D eigenvalue weighted by atomic mass is 10.2. The summed E-state index contributed by atoms with van der Waals surface area (Å²) in [5, 5.41) is 17.3. The Morgan fingerprint density at radius 2 is 2.00 bits per heavy atom. The molecule has 0 atom stereocenters. The maximum atomic E-state index is 10.9. The summed E-state index contributed by atoms with van der Waals surface area (Å²) in [5.41, 5.74) is 2.48. The average molecular weight is 364 g/mol. The van der Waals surface area contributed by atoms with Crippen molar-refractivity contribution in [2.75, 3.05) is 10.6 Å². The van der Waals surface area contributed by atoms with Crippen molar-refractivity contribution in [2.24, 2.45) is 0 Å². The van der Waals surface area contributed by atoms with Gasteiger partial charge in [-0.3, -0.25) is 15.1 Å². The van der Waals surface area contributed by atoms with E-state index in [0.29, 0.717) is 18.3 Å². The normalized spacial score (nSPS) is 10.6. The Balaban J connectivity index is 1.85. The van der Waals surface area contributed by atoms with Crippen LogP contribution in [0.25, 0.3) is 11.3 Å². The SMILES string of the molecule is CC(C)Nc1nc(NCc2cccc([N+](=O)[O-])c2)cc(-c2cccnc2)n1. The van der Waals surface area contributed by atoms with E-state index >= 15 is 0 Å². The molecule has 0 spiro atoms. The van der Waals surface area contributed by atoms with Gasteiger partial charge in [0.2, 0.25) is 5.95 Å². The van der Waals surface area contributed by atoms with Crippen LogP contribution in [0.15, 0.2) is 54.9 Å². The Labute approximate surface area is 156 Å². The predicted octanol–water partition coefficient (Wildman–Crippen LogP) is 3.88. The summed E-state index contributed by atoms with van der Waals surface area (Å²) < 4.78 is 0. The Kier molecular flexibility index (Phi) is 5.55. The van der Waals surface area contributed by atoms with Gasteiger partial charge < -0.3 is 10.6 Å². The van der Waals surface area contributed by atoms with Gasteiger partial charge in [0.1, 0.15) is 5.82 Å². The van der Waals surface area contributed by atoms with Gasteiger partial charge in [-0.05, 0) is 31.5 Å². The Morgan fingerprint density at radius 1 is 1.15 bits per heavy atom. The zero-order chi connectivity index (χ0) is 19.2. The minimum atomic E-state index is -0.403. The number of hydrogen-bond acceptors (Lipinski definition) is 7. The van der Waals surface area contributed by atoms with E-state index in [-0.39, 0.29) is 11.7 Å². The van der Waals surface area contributed by atoms with Crippen LogP contribution < -0.4 is 10.6 Å². The van der Waals surface area contributed by atoms with E-state index in [1.54, 1.807) is 24.5 Å².